The van der Waals surface area contributed by atoms with Crippen molar-refractivity contribution in [1.29, 1.82) is 0 Å². The Bertz CT molecular complexity index is 303. The van der Waals surface area contributed by atoms with Gasteiger partial charge in [-0.15, -0.1) is 0 Å². The predicted molar refractivity (Wildman–Crippen MR) is 75.7 cm³/mol. The molecule has 0 unspecified atom stereocenters. The Balaban J connectivity index is 2.62. The molecule has 1 heterocycles. The van der Waals surface area contributed by atoms with Crippen molar-refractivity contribution in [2.24, 2.45) is 0 Å². The van der Waals surface area contributed by atoms with Crippen LogP contribution in [0, 0.1) is 0 Å². The number of piperazine rings is 1. The number of hydrogen-bond donors (Lipinski definition) is 1. The van der Waals surface area contributed by atoms with Crippen LogP contribution >= 0.6 is 11.8 Å². The number of thioether (sulfide) groups is 1. The second-order valence-electron chi connectivity index (χ2n) is 4.61. The Kier molecular flexibility index (Phi) is 5.99. The lowest BCUT2D eigenvalue weighted by Crippen LogP contribution is -2.66. The van der Waals surface area contributed by atoms with Crippen molar-refractivity contribution in [3.05, 3.63) is 0 Å². The maximum atomic E-state index is 12.4. The van der Waals surface area contributed by atoms with E-state index >= 15 is 0 Å². The van der Waals surface area contributed by atoms with Crippen molar-refractivity contribution < 1.29 is 9.59 Å². The summed E-state index contributed by atoms with van der Waals surface area (Å²) in [6.07, 6.45) is 2.28. The van der Waals surface area contributed by atoms with Crippen molar-refractivity contribution in [1.82, 2.24) is 10.2 Å². The van der Waals surface area contributed by atoms with E-state index in [0.29, 0.717) is 19.4 Å². The number of carbonyl (C=O) groups is 2. The van der Waals surface area contributed by atoms with E-state index in [1.807, 2.05) is 25.6 Å². The zero-order valence-electron chi connectivity index (χ0n) is 11.6. The van der Waals surface area contributed by atoms with Gasteiger partial charge in [0.1, 0.15) is 5.54 Å². The zero-order chi connectivity index (χ0) is 13.6. The van der Waals surface area contributed by atoms with Crippen LogP contribution in [0.2, 0.25) is 0 Å². The van der Waals surface area contributed by atoms with Gasteiger partial charge in [-0.25, -0.2) is 0 Å². The molecule has 1 fully saturated rings. The van der Waals surface area contributed by atoms with Gasteiger partial charge in [0.05, 0.1) is 6.54 Å². The standard InChI is InChI=1S/C13H24N2O2S/c1-4-13(5-2)12(17)15(10-11(16)14-13)8-7-9-18-6-3/h4-10H2,1-3H3,(H,14,16). The highest BCUT2D eigenvalue weighted by Crippen LogP contribution is 2.22. The summed E-state index contributed by atoms with van der Waals surface area (Å²) in [4.78, 5) is 25.9. The fourth-order valence-electron chi connectivity index (χ4n) is 2.32. The predicted octanol–water partition coefficient (Wildman–Crippen LogP) is 1.65. The molecule has 0 spiro atoms. The van der Waals surface area contributed by atoms with Gasteiger partial charge in [-0.2, -0.15) is 11.8 Å². The third-order valence-electron chi connectivity index (χ3n) is 3.54. The van der Waals surface area contributed by atoms with E-state index in [9.17, 15) is 9.59 Å². The topological polar surface area (TPSA) is 49.4 Å². The first-order valence-electron chi connectivity index (χ1n) is 6.77. The van der Waals surface area contributed by atoms with Gasteiger partial charge in [0.15, 0.2) is 0 Å². The van der Waals surface area contributed by atoms with E-state index < -0.39 is 5.54 Å². The Hall–Kier alpha value is -0.710. The van der Waals surface area contributed by atoms with Gasteiger partial charge in [0, 0.05) is 6.54 Å². The molecule has 0 bridgehead atoms. The summed E-state index contributed by atoms with van der Waals surface area (Å²) >= 11 is 1.87. The molecule has 0 radical (unpaired) electrons. The van der Waals surface area contributed by atoms with Crippen LogP contribution in [0.4, 0.5) is 0 Å². The molecular weight excluding hydrogens is 248 g/mol. The van der Waals surface area contributed by atoms with Crippen molar-refractivity contribution in [3.63, 3.8) is 0 Å². The van der Waals surface area contributed by atoms with Crippen molar-refractivity contribution in [3.8, 4) is 0 Å². The number of nitrogens with one attached hydrogen (secondary N) is 1. The molecule has 2 amide bonds. The highest BCUT2D eigenvalue weighted by molar-refractivity contribution is 7.99. The van der Waals surface area contributed by atoms with Crippen LogP contribution in [-0.2, 0) is 9.59 Å². The van der Waals surface area contributed by atoms with Crippen molar-refractivity contribution >= 4 is 23.6 Å². The third kappa shape index (κ3) is 3.40. The summed E-state index contributed by atoms with van der Waals surface area (Å²) in [7, 11) is 0. The first kappa shape index (κ1) is 15.3. The number of rotatable bonds is 7. The third-order valence-corrected chi connectivity index (χ3v) is 4.52. The molecule has 1 aliphatic heterocycles. The van der Waals surface area contributed by atoms with Gasteiger partial charge in [0.25, 0.3) is 0 Å². The molecule has 1 aliphatic rings. The maximum Gasteiger partial charge on any atom is 0.248 e. The van der Waals surface area contributed by atoms with E-state index in [1.54, 1.807) is 4.90 Å². The average Bonchev–Trinajstić information content (AvgIpc) is 2.38. The van der Waals surface area contributed by atoms with Crippen molar-refractivity contribution in [2.45, 2.75) is 45.6 Å². The summed E-state index contributed by atoms with van der Waals surface area (Å²) in [5.41, 5.74) is -0.659. The maximum absolute atomic E-state index is 12.4. The molecule has 0 saturated carbocycles. The highest BCUT2D eigenvalue weighted by atomic mass is 32.2. The van der Waals surface area contributed by atoms with Gasteiger partial charge < -0.3 is 10.2 Å². The SMILES string of the molecule is CCSCCCN1CC(=O)NC(CC)(CC)C1=O. The van der Waals surface area contributed by atoms with Crippen LogP contribution in [0.15, 0.2) is 0 Å². The minimum absolute atomic E-state index is 0.0264. The minimum Gasteiger partial charge on any atom is -0.340 e. The van der Waals surface area contributed by atoms with Crippen LogP contribution < -0.4 is 5.32 Å². The first-order valence-corrected chi connectivity index (χ1v) is 7.93. The smallest absolute Gasteiger partial charge is 0.248 e. The summed E-state index contributed by atoms with van der Waals surface area (Å²) in [5, 5.41) is 2.88. The van der Waals surface area contributed by atoms with Gasteiger partial charge in [-0.3, -0.25) is 9.59 Å². The number of carbonyl (C=O) groups excluding carboxylic acids is 2. The zero-order valence-corrected chi connectivity index (χ0v) is 12.4. The van der Waals surface area contributed by atoms with Crippen LogP contribution in [0.5, 0.6) is 0 Å². The monoisotopic (exact) mass is 272 g/mol. The Morgan fingerprint density at radius 1 is 1.28 bits per heavy atom. The largest absolute Gasteiger partial charge is 0.340 e. The molecule has 1 N–H and O–H groups in total. The minimum atomic E-state index is -0.659. The van der Waals surface area contributed by atoms with E-state index in [-0.39, 0.29) is 18.4 Å². The average molecular weight is 272 g/mol. The quantitative estimate of drug-likeness (QED) is 0.717. The van der Waals surface area contributed by atoms with E-state index in [2.05, 4.69) is 12.2 Å². The molecule has 1 saturated heterocycles. The molecule has 0 aromatic rings. The molecule has 0 aromatic carbocycles. The number of nitrogens with zero attached hydrogens (tertiary/aromatic N) is 1. The van der Waals surface area contributed by atoms with Crippen LogP contribution in [0.25, 0.3) is 0 Å². The molecule has 18 heavy (non-hydrogen) atoms. The van der Waals surface area contributed by atoms with Gasteiger partial charge in [-0.05, 0) is 30.8 Å². The van der Waals surface area contributed by atoms with E-state index in [4.69, 9.17) is 0 Å². The number of amides is 2. The second-order valence-corrected chi connectivity index (χ2v) is 6.01. The van der Waals surface area contributed by atoms with Gasteiger partial charge in [-0.1, -0.05) is 20.8 Å². The Morgan fingerprint density at radius 3 is 2.50 bits per heavy atom. The normalized spacial score (nSPS) is 18.9. The summed E-state index contributed by atoms with van der Waals surface area (Å²) in [6.45, 7) is 6.96. The molecule has 0 aromatic heterocycles. The summed E-state index contributed by atoms with van der Waals surface area (Å²) in [5.74, 6) is 2.21. The summed E-state index contributed by atoms with van der Waals surface area (Å²) in [6, 6.07) is 0. The summed E-state index contributed by atoms with van der Waals surface area (Å²) < 4.78 is 0. The molecule has 5 heteroatoms. The molecular formula is C13H24N2O2S. The first-order chi connectivity index (χ1) is 8.59. The molecule has 0 atom stereocenters. The fourth-order valence-corrected chi connectivity index (χ4v) is 2.94. The second kappa shape index (κ2) is 7.02. The molecule has 1 rings (SSSR count). The lowest BCUT2D eigenvalue weighted by atomic mass is 9.89. The fraction of sp³-hybridized carbons (Fsp3) is 0.846. The Morgan fingerprint density at radius 2 is 1.94 bits per heavy atom. The lowest BCUT2D eigenvalue weighted by Gasteiger charge is -2.41. The van der Waals surface area contributed by atoms with E-state index in [0.717, 1.165) is 17.9 Å². The van der Waals surface area contributed by atoms with Crippen LogP contribution in [0.1, 0.15) is 40.0 Å². The van der Waals surface area contributed by atoms with Gasteiger partial charge >= 0.3 is 0 Å². The highest BCUT2D eigenvalue weighted by Gasteiger charge is 2.43. The van der Waals surface area contributed by atoms with Crippen molar-refractivity contribution in [2.75, 3.05) is 24.6 Å². The number of hydrogen-bond acceptors (Lipinski definition) is 3. The molecule has 104 valence electrons. The lowest BCUT2D eigenvalue weighted by molar-refractivity contribution is -0.150. The van der Waals surface area contributed by atoms with Crippen LogP contribution in [0.3, 0.4) is 0 Å². The van der Waals surface area contributed by atoms with E-state index in [1.165, 1.54) is 0 Å². The van der Waals surface area contributed by atoms with Crippen LogP contribution in [-0.4, -0.2) is 46.8 Å². The molecule has 4 nitrogen and oxygen atoms in total. The molecule has 0 aliphatic carbocycles. The Labute approximate surface area is 114 Å². The van der Waals surface area contributed by atoms with Gasteiger partial charge in [0.2, 0.25) is 11.8 Å².